The summed E-state index contributed by atoms with van der Waals surface area (Å²) in [4.78, 5) is 11.5. The molecule has 1 atom stereocenters. The van der Waals surface area contributed by atoms with Crippen LogP contribution in [-0.4, -0.2) is 41.1 Å². The van der Waals surface area contributed by atoms with Gasteiger partial charge in [-0.2, -0.15) is 0 Å². The summed E-state index contributed by atoms with van der Waals surface area (Å²) in [5, 5.41) is 2.43. The molecule has 7 nitrogen and oxygen atoms in total. The van der Waals surface area contributed by atoms with Crippen LogP contribution in [0.4, 0.5) is 10.5 Å². The number of anilines is 1. The van der Waals surface area contributed by atoms with Gasteiger partial charge in [0.2, 0.25) is 0 Å². The summed E-state index contributed by atoms with van der Waals surface area (Å²) in [6.07, 6.45) is -1.34. The maximum Gasteiger partial charge on any atom is 0.411 e. The predicted octanol–water partition coefficient (Wildman–Crippen LogP) is 2.17. The zero-order chi connectivity index (χ0) is 15.9. The number of rotatable bonds is 7. The minimum Gasteiger partial charge on any atom is -0.444 e. The average Bonchev–Trinajstić information content (AvgIpc) is 2.43. The van der Waals surface area contributed by atoms with Gasteiger partial charge in [0.05, 0.1) is 4.90 Å². The van der Waals surface area contributed by atoms with Crippen LogP contribution >= 0.6 is 10.7 Å². The van der Waals surface area contributed by atoms with Gasteiger partial charge < -0.3 is 14.2 Å². The number of benzene rings is 1. The average molecular weight is 338 g/mol. The molecule has 1 N–H and O–H groups in total. The zero-order valence-corrected chi connectivity index (χ0v) is 13.1. The van der Waals surface area contributed by atoms with Crippen LogP contribution in [0, 0.1) is 0 Å². The van der Waals surface area contributed by atoms with Crippen molar-refractivity contribution in [3.63, 3.8) is 0 Å². The van der Waals surface area contributed by atoms with Gasteiger partial charge in [0.25, 0.3) is 9.05 Å². The fourth-order valence-corrected chi connectivity index (χ4v) is 2.14. The third kappa shape index (κ3) is 6.30. The molecular formula is C12H16ClNO6S. The summed E-state index contributed by atoms with van der Waals surface area (Å²) in [7, 11) is 2.83. The van der Waals surface area contributed by atoms with Gasteiger partial charge in [-0.25, -0.2) is 13.2 Å². The van der Waals surface area contributed by atoms with E-state index < -0.39 is 21.4 Å². The van der Waals surface area contributed by atoms with Crippen LogP contribution in [-0.2, 0) is 23.3 Å². The lowest BCUT2D eigenvalue weighted by Gasteiger charge is -2.15. The Morgan fingerprint density at radius 2 is 1.95 bits per heavy atom. The number of amides is 1. The van der Waals surface area contributed by atoms with Crippen molar-refractivity contribution in [2.24, 2.45) is 0 Å². The molecule has 21 heavy (non-hydrogen) atoms. The van der Waals surface area contributed by atoms with Crippen molar-refractivity contribution in [2.45, 2.75) is 18.1 Å². The third-order valence-corrected chi connectivity index (χ3v) is 3.72. The second kappa shape index (κ2) is 8.18. The number of carbonyl (C=O) groups is 1. The summed E-state index contributed by atoms with van der Waals surface area (Å²) >= 11 is 0. The van der Waals surface area contributed by atoms with Gasteiger partial charge in [-0.15, -0.1) is 0 Å². The van der Waals surface area contributed by atoms with Crippen molar-refractivity contribution >= 4 is 31.5 Å². The summed E-state index contributed by atoms with van der Waals surface area (Å²) < 4.78 is 37.1. The van der Waals surface area contributed by atoms with Crippen molar-refractivity contribution in [1.82, 2.24) is 0 Å². The Labute approximate surface area is 127 Å². The van der Waals surface area contributed by atoms with Crippen LogP contribution < -0.4 is 5.32 Å². The first-order chi connectivity index (χ1) is 9.86. The van der Waals surface area contributed by atoms with E-state index in [-0.39, 0.29) is 11.5 Å². The van der Waals surface area contributed by atoms with Crippen LogP contribution in [0.3, 0.4) is 0 Å². The number of hydrogen-bond donors (Lipinski definition) is 1. The highest BCUT2D eigenvalue weighted by molar-refractivity contribution is 8.13. The first kappa shape index (κ1) is 17.7. The number of carbonyl (C=O) groups excluding carboxylic acids is 1. The molecule has 0 bridgehead atoms. The van der Waals surface area contributed by atoms with E-state index in [2.05, 4.69) is 5.32 Å². The lowest BCUT2D eigenvalue weighted by atomic mass is 10.3. The Kier molecular flexibility index (Phi) is 6.90. The topological polar surface area (TPSA) is 90.9 Å². The van der Waals surface area contributed by atoms with Crippen molar-refractivity contribution in [1.29, 1.82) is 0 Å². The Balaban J connectivity index is 2.51. The van der Waals surface area contributed by atoms with E-state index in [1.54, 1.807) is 6.92 Å². The molecule has 1 amide bonds. The maximum atomic E-state index is 11.5. The molecule has 0 fully saturated rings. The van der Waals surface area contributed by atoms with Gasteiger partial charge >= 0.3 is 6.09 Å². The monoisotopic (exact) mass is 337 g/mol. The minimum absolute atomic E-state index is 0.0566. The van der Waals surface area contributed by atoms with Crippen LogP contribution in [0.2, 0.25) is 0 Å². The molecule has 0 heterocycles. The van der Waals surface area contributed by atoms with Gasteiger partial charge in [-0.05, 0) is 31.2 Å². The minimum atomic E-state index is -3.78. The van der Waals surface area contributed by atoms with E-state index in [4.69, 9.17) is 24.9 Å². The van der Waals surface area contributed by atoms with Crippen LogP contribution in [0.5, 0.6) is 0 Å². The van der Waals surface area contributed by atoms with Crippen LogP contribution in [0.1, 0.15) is 6.92 Å². The molecular weight excluding hydrogens is 322 g/mol. The molecule has 1 unspecified atom stereocenters. The molecule has 0 aromatic heterocycles. The number of hydrogen-bond acceptors (Lipinski definition) is 6. The maximum absolute atomic E-state index is 11.5. The van der Waals surface area contributed by atoms with Crippen molar-refractivity contribution in [2.75, 3.05) is 25.6 Å². The van der Waals surface area contributed by atoms with E-state index >= 15 is 0 Å². The molecule has 0 spiro atoms. The zero-order valence-electron chi connectivity index (χ0n) is 11.5. The molecule has 0 radical (unpaired) electrons. The highest BCUT2D eigenvalue weighted by Crippen LogP contribution is 2.17. The molecule has 118 valence electrons. The van der Waals surface area contributed by atoms with E-state index in [0.29, 0.717) is 12.3 Å². The number of methoxy groups -OCH3 is 1. The van der Waals surface area contributed by atoms with Gasteiger partial charge in [-0.3, -0.25) is 5.32 Å². The first-order valence-corrected chi connectivity index (χ1v) is 8.30. The number of nitrogens with one attached hydrogen (secondary N) is 1. The fourth-order valence-electron chi connectivity index (χ4n) is 1.37. The third-order valence-electron chi connectivity index (χ3n) is 2.35. The molecule has 1 rings (SSSR count). The van der Waals surface area contributed by atoms with E-state index in [9.17, 15) is 13.2 Å². The molecule has 0 aliphatic rings. The van der Waals surface area contributed by atoms with E-state index in [0.717, 1.165) is 0 Å². The highest BCUT2D eigenvalue weighted by atomic mass is 35.7. The lowest BCUT2D eigenvalue weighted by molar-refractivity contribution is -0.142. The largest absolute Gasteiger partial charge is 0.444 e. The van der Waals surface area contributed by atoms with E-state index in [1.165, 1.54) is 31.4 Å². The molecule has 1 aromatic rings. The molecule has 0 aliphatic heterocycles. The van der Waals surface area contributed by atoms with Crippen molar-refractivity contribution in [3.8, 4) is 0 Å². The summed E-state index contributed by atoms with van der Waals surface area (Å²) in [6.45, 7) is 2.15. The number of halogens is 1. The predicted molar refractivity (Wildman–Crippen MR) is 76.9 cm³/mol. The SMILES string of the molecule is CCOC(COC(=O)Nc1ccc(S(=O)(=O)Cl)cc1)OC. The molecule has 0 saturated carbocycles. The smallest absolute Gasteiger partial charge is 0.411 e. The Bertz CT molecular complexity index is 560. The molecule has 9 heteroatoms. The Morgan fingerprint density at radius 3 is 2.43 bits per heavy atom. The quantitative estimate of drug-likeness (QED) is 0.605. The second-order valence-electron chi connectivity index (χ2n) is 3.81. The van der Waals surface area contributed by atoms with E-state index in [1.807, 2.05) is 0 Å². The number of ether oxygens (including phenoxy) is 3. The van der Waals surface area contributed by atoms with Crippen LogP contribution in [0.15, 0.2) is 29.2 Å². The molecule has 0 saturated heterocycles. The normalized spacial score (nSPS) is 12.7. The summed E-state index contributed by atoms with van der Waals surface area (Å²) in [5.41, 5.74) is 0.370. The standard InChI is InChI=1S/C12H16ClNO6S/c1-3-19-11(18-2)8-20-12(15)14-9-4-6-10(7-5-9)21(13,16)17/h4-7,11H,3,8H2,1-2H3,(H,14,15). The summed E-state index contributed by atoms with van der Waals surface area (Å²) in [6, 6.07) is 5.34. The van der Waals surface area contributed by atoms with Crippen LogP contribution in [0.25, 0.3) is 0 Å². The Hall–Kier alpha value is -1.35. The Morgan fingerprint density at radius 1 is 1.33 bits per heavy atom. The molecule has 0 aliphatic carbocycles. The highest BCUT2D eigenvalue weighted by Gasteiger charge is 2.12. The van der Waals surface area contributed by atoms with Crippen molar-refractivity contribution < 1.29 is 27.4 Å². The summed E-state index contributed by atoms with van der Waals surface area (Å²) in [5.74, 6) is 0. The van der Waals surface area contributed by atoms with Gasteiger partial charge in [0.15, 0.2) is 6.29 Å². The molecule has 1 aromatic carbocycles. The van der Waals surface area contributed by atoms with Gasteiger partial charge in [0.1, 0.15) is 6.61 Å². The lowest BCUT2D eigenvalue weighted by Crippen LogP contribution is -2.25. The van der Waals surface area contributed by atoms with Gasteiger partial charge in [-0.1, -0.05) is 0 Å². The van der Waals surface area contributed by atoms with Crippen molar-refractivity contribution in [3.05, 3.63) is 24.3 Å². The van der Waals surface area contributed by atoms with Gasteiger partial charge in [0, 0.05) is 30.1 Å². The first-order valence-electron chi connectivity index (χ1n) is 5.99. The fraction of sp³-hybridized carbons (Fsp3) is 0.417. The second-order valence-corrected chi connectivity index (χ2v) is 6.37.